The van der Waals surface area contributed by atoms with Gasteiger partial charge in [0.15, 0.2) is 0 Å². The third-order valence-electron chi connectivity index (χ3n) is 2.82. The highest BCUT2D eigenvalue weighted by Gasteiger charge is 2.24. The van der Waals surface area contributed by atoms with Crippen LogP contribution < -0.4 is 16.0 Å². The maximum Gasteiger partial charge on any atom is 0.239 e. The van der Waals surface area contributed by atoms with E-state index in [1.165, 1.54) is 0 Å². The number of nitrogens with one attached hydrogen (secondary N) is 3. The van der Waals surface area contributed by atoms with Crippen molar-refractivity contribution in [1.82, 2.24) is 20.9 Å². The van der Waals surface area contributed by atoms with Gasteiger partial charge in [0.2, 0.25) is 11.8 Å². The Labute approximate surface area is 105 Å². The van der Waals surface area contributed by atoms with Crippen molar-refractivity contribution in [3.63, 3.8) is 0 Å². The summed E-state index contributed by atoms with van der Waals surface area (Å²) in [5.41, 5.74) is 0.811. The zero-order valence-corrected chi connectivity index (χ0v) is 10.1. The first-order valence-corrected chi connectivity index (χ1v) is 5.88. The predicted molar refractivity (Wildman–Crippen MR) is 65.6 cm³/mol. The van der Waals surface area contributed by atoms with Gasteiger partial charge < -0.3 is 10.6 Å². The van der Waals surface area contributed by atoms with Crippen LogP contribution in [-0.2, 0) is 9.59 Å². The van der Waals surface area contributed by atoms with E-state index in [2.05, 4.69) is 20.9 Å². The van der Waals surface area contributed by atoms with Crippen LogP contribution in [0.15, 0.2) is 24.4 Å². The van der Waals surface area contributed by atoms with Gasteiger partial charge in [-0.2, -0.15) is 0 Å². The van der Waals surface area contributed by atoms with E-state index in [4.69, 9.17) is 0 Å². The Morgan fingerprint density at radius 3 is 3.00 bits per heavy atom. The minimum Gasteiger partial charge on any atom is -0.353 e. The van der Waals surface area contributed by atoms with Crippen molar-refractivity contribution in [2.24, 2.45) is 0 Å². The monoisotopic (exact) mass is 248 g/mol. The minimum absolute atomic E-state index is 0.0863. The van der Waals surface area contributed by atoms with Gasteiger partial charge in [-0.15, -0.1) is 0 Å². The fraction of sp³-hybridized carbons (Fsp3) is 0.417. The third kappa shape index (κ3) is 3.04. The number of piperazine rings is 1. The van der Waals surface area contributed by atoms with Gasteiger partial charge in [0.1, 0.15) is 6.04 Å². The Bertz CT molecular complexity index is 425. The lowest BCUT2D eigenvalue weighted by atomic mass is 10.1. The average molecular weight is 248 g/mol. The Kier molecular flexibility index (Phi) is 3.88. The number of hydrogen-bond donors (Lipinski definition) is 3. The fourth-order valence-electron chi connectivity index (χ4n) is 1.77. The van der Waals surface area contributed by atoms with Gasteiger partial charge in [0, 0.05) is 12.7 Å². The fourth-order valence-corrected chi connectivity index (χ4v) is 1.77. The van der Waals surface area contributed by atoms with Crippen molar-refractivity contribution in [1.29, 1.82) is 0 Å². The van der Waals surface area contributed by atoms with Gasteiger partial charge in [-0.1, -0.05) is 6.07 Å². The first-order valence-electron chi connectivity index (χ1n) is 5.88. The lowest BCUT2D eigenvalue weighted by molar-refractivity contribution is -0.127. The number of nitrogens with zero attached hydrogens (tertiary/aromatic N) is 1. The van der Waals surface area contributed by atoms with E-state index in [0.29, 0.717) is 6.54 Å². The lowest BCUT2D eigenvalue weighted by Crippen LogP contribution is -2.58. The highest BCUT2D eigenvalue weighted by Crippen LogP contribution is 2.08. The predicted octanol–water partition coefficient (Wildman–Crippen LogP) is -0.653. The van der Waals surface area contributed by atoms with Gasteiger partial charge >= 0.3 is 0 Å². The molecule has 0 bridgehead atoms. The molecule has 96 valence electrons. The molecule has 0 saturated carbocycles. The molecule has 1 fully saturated rings. The molecule has 6 nitrogen and oxygen atoms in total. The summed E-state index contributed by atoms with van der Waals surface area (Å²) in [6.45, 7) is 2.37. The second-order valence-corrected chi connectivity index (χ2v) is 4.22. The molecule has 1 saturated heterocycles. The van der Waals surface area contributed by atoms with E-state index in [1.54, 1.807) is 6.20 Å². The normalized spacial score (nSPS) is 20.9. The number of carbonyl (C=O) groups is 2. The van der Waals surface area contributed by atoms with E-state index in [1.807, 2.05) is 25.1 Å². The zero-order valence-electron chi connectivity index (χ0n) is 10.1. The summed E-state index contributed by atoms with van der Waals surface area (Å²) in [4.78, 5) is 27.1. The molecule has 0 spiro atoms. The summed E-state index contributed by atoms with van der Waals surface area (Å²) < 4.78 is 0. The van der Waals surface area contributed by atoms with Crippen LogP contribution in [0.2, 0.25) is 0 Å². The van der Waals surface area contributed by atoms with E-state index in [-0.39, 0.29) is 30.4 Å². The smallest absolute Gasteiger partial charge is 0.239 e. The van der Waals surface area contributed by atoms with Crippen LogP contribution in [0.25, 0.3) is 0 Å². The maximum absolute atomic E-state index is 11.9. The molecular weight excluding hydrogens is 232 g/mol. The van der Waals surface area contributed by atoms with Crippen LogP contribution in [0.5, 0.6) is 0 Å². The van der Waals surface area contributed by atoms with Crippen molar-refractivity contribution in [2.45, 2.75) is 19.0 Å². The Morgan fingerprint density at radius 2 is 2.39 bits per heavy atom. The molecule has 2 rings (SSSR count). The number of rotatable bonds is 3. The SMILES string of the molecule is C[C@@H](NC(=O)C1CNC(=O)CN1)c1ccccn1. The number of pyridine rings is 1. The first kappa shape index (κ1) is 12.5. The standard InChI is InChI=1S/C12H16N4O2/c1-8(9-4-2-3-5-13-9)16-12(18)10-6-15-11(17)7-14-10/h2-5,8,10,14H,6-7H2,1H3,(H,15,17)(H,16,18)/t8-,10?/m1/s1. The molecule has 6 heteroatoms. The topological polar surface area (TPSA) is 83.1 Å². The summed E-state index contributed by atoms with van der Waals surface area (Å²) in [6.07, 6.45) is 1.69. The molecule has 1 aromatic heterocycles. The molecule has 3 N–H and O–H groups in total. The van der Waals surface area contributed by atoms with Crippen molar-refractivity contribution in [3.8, 4) is 0 Å². The van der Waals surface area contributed by atoms with Crippen LogP contribution in [0.3, 0.4) is 0 Å². The number of carbonyl (C=O) groups excluding carboxylic acids is 2. The van der Waals surface area contributed by atoms with Gasteiger partial charge in [0.25, 0.3) is 0 Å². The van der Waals surface area contributed by atoms with Crippen LogP contribution in [-0.4, -0.2) is 35.9 Å². The van der Waals surface area contributed by atoms with Crippen molar-refractivity contribution in [3.05, 3.63) is 30.1 Å². The highest BCUT2D eigenvalue weighted by molar-refractivity contribution is 5.86. The zero-order chi connectivity index (χ0) is 13.0. The second kappa shape index (κ2) is 5.59. The summed E-state index contributed by atoms with van der Waals surface area (Å²) >= 11 is 0. The maximum atomic E-state index is 11.9. The molecule has 1 aromatic rings. The quantitative estimate of drug-likeness (QED) is 0.663. The van der Waals surface area contributed by atoms with E-state index in [0.717, 1.165) is 5.69 Å². The number of hydrogen-bond acceptors (Lipinski definition) is 4. The van der Waals surface area contributed by atoms with Crippen LogP contribution in [0.1, 0.15) is 18.7 Å². The Hall–Kier alpha value is -1.95. The molecule has 1 aliphatic rings. The molecule has 2 atom stereocenters. The Balaban J connectivity index is 1.89. The van der Waals surface area contributed by atoms with Gasteiger partial charge in [-0.3, -0.25) is 19.9 Å². The lowest BCUT2D eigenvalue weighted by Gasteiger charge is -2.24. The molecule has 0 radical (unpaired) electrons. The van der Waals surface area contributed by atoms with Crippen molar-refractivity contribution >= 4 is 11.8 Å². The molecular formula is C12H16N4O2. The average Bonchev–Trinajstić information content (AvgIpc) is 2.40. The van der Waals surface area contributed by atoms with Gasteiger partial charge in [-0.05, 0) is 19.1 Å². The molecule has 0 aromatic carbocycles. The van der Waals surface area contributed by atoms with Crippen LogP contribution in [0, 0.1) is 0 Å². The largest absolute Gasteiger partial charge is 0.353 e. The highest BCUT2D eigenvalue weighted by atomic mass is 16.2. The second-order valence-electron chi connectivity index (χ2n) is 4.22. The van der Waals surface area contributed by atoms with Crippen molar-refractivity contribution < 1.29 is 9.59 Å². The van der Waals surface area contributed by atoms with E-state index >= 15 is 0 Å². The van der Waals surface area contributed by atoms with Gasteiger partial charge in [-0.25, -0.2) is 0 Å². The summed E-state index contributed by atoms with van der Waals surface area (Å²) in [6, 6.07) is 5.04. The molecule has 1 unspecified atom stereocenters. The number of amides is 2. The van der Waals surface area contributed by atoms with Crippen LogP contribution >= 0.6 is 0 Å². The summed E-state index contributed by atoms with van der Waals surface area (Å²) in [5.74, 6) is -0.218. The molecule has 18 heavy (non-hydrogen) atoms. The summed E-state index contributed by atoms with van der Waals surface area (Å²) in [7, 11) is 0. The molecule has 2 amide bonds. The van der Waals surface area contributed by atoms with E-state index in [9.17, 15) is 9.59 Å². The Morgan fingerprint density at radius 1 is 1.56 bits per heavy atom. The molecule has 0 aliphatic carbocycles. The van der Waals surface area contributed by atoms with Gasteiger partial charge in [0.05, 0.1) is 18.3 Å². The molecule has 2 heterocycles. The van der Waals surface area contributed by atoms with Crippen molar-refractivity contribution in [2.75, 3.05) is 13.1 Å². The van der Waals surface area contributed by atoms with E-state index < -0.39 is 0 Å². The number of aromatic nitrogens is 1. The minimum atomic E-state index is -0.381. The summed E-state index contributed by atoms with van der Waals surface area (Å²) in [5, 5.41) is 8.39. The van der Waals surface area contributed by atoms with Crippen LogP contribution in [0.4, 0.5) is 0 Å². The first-order chi connectivity index (χ1) is 8.66. The molecule has 1 aliphatic heterocycles. The third-order valence-corrected chi connectivity index (χ3v) is 2.82.